The third-order valence-electron chi connectivity index (χ3n) is 5.94. The third-order valence-corrected chi connectivity index (χ3v) is 6.18. The molecular formula is C23H27ClN4O3. The molecule has 8 heteroatoms. The van der Waals surface area contributed by atoms with Crippen LogP contribution in [-0.4, -0.2) is 72.5 Å². The molecule has 2 aliphatic heterocycles. The number of rotatable bonds is 5. The first-order chi connectivity index (χ1) is 15.0. The molecule has 0 unspecified atom stereocenters. The second kappa shape index (κ2) is 9.58. The zero-order chi connectivity index (χ0) is 21.8. The number of likely N-dealkylation sites (tertiary alicyclic amines) is 1. The molecule has 2 saturated heterocycles. The van der Waals surface area contributed by atoms with Crippen LogP contribution in [0.15, 0.2) is 48.5 Å². The fourth-order valence-electron chi connectivity index (χ4n) is 4.16. The topological polar surface area (TPSA) is 76.1 Å². The van der Waals surface area contributed by atoms with E-state index >= 15 is 0 Å². The van der Waals surface area contributed by atoms with E-state index in [1.54, 1.807) is 24.3 Å². The molecule has 31 heavy (non-hydrogen) atoms. The van der Waals surface area contributed by atoms with E-state index in [0.29, 0.717) is 36.9 Å². The molecule has 164 valence electrons. The van der Waals surface area contributed by atoms with Gasteiger partial charge in [0, 0.05) is 49.1 Å². The summed E-state index contributed by atoms with van der Waals surface area (Å²) in [4.78, 5) is 31.5. The Hall–Kier alpha value is -2.77. The lowest BCUT2D eigenvalue weighted by Crippen LogP contribution is -2.51. The van der Waals surface area contributed by atoms with Crippen molar-refractivity contribution in [3.05, 3.63) is 53.6 Å². The number of aromatic hydroxyl groups is 1. The van der Waals surface area contributed by atoms with Gasteiger partial charge in [0.1, 0.15) is 5.75 Å². The average molecular weight is 443 g/mol. The molecule has 2 heterocycles. The summed E-state index contributed by atoms with van der Waals surface area (Å²) in [5, 5.41) is 13.0. The molecule has 0 aliphatic carbocycles. The molecule has 2 amide bonds. The van der Waals surface area contributed by atoms with E-state index in [1.807, 2.05) is 29.2 Å². The number of carbonyl (C=O) groups is 2. The molecule has 1 atom stereocenters. The van der Waals surface area contributed by atoms with Gasteiger partial charge in [0.15, 0.2) is 0 Å². The minimum absolute atomic E-state index is 0.0456. The summed E-state index contributed by atoms with van der Waals surface area (Å²) >= 11 is 6.09. The van der Waals surface area contributed by atoms with Gasteiger partial charge in [-0.1, -0.05) is 17.7 Å². The first-order valence-corrected chi connectivity index (χ1v) is 11.0. The predicted octanol–water partition coefficient (Wildman–Crippen LogP) is 2.65. The maximum atomic E-state index is 12.8. The number of hydrogen-bond donors (Lipinski definition) is 2. The maximum absolute atomic E-state index is 12.8. The van der Waals surface area contributed by atoms with Crippen molar-refractivity contribution >= 4 is 34.8 Å². The normalized spacial score (nSPS) is 19.5. The monoisotopic (exact) mass is 442 g/mol. The highest BCUT2D eigenvalue weighted by Gasteiger charge is 2.31. The second-order valence-corrected chi connectivity index (χ2v) is 8.54. The van der Waals surface area contributed by atoms with E-state index in [2.05, 4.69) is 15.1 Å². The maximum Gasteiger partial charge on any atom is 0.236 e. The summed E-state index contributed by atoms with van der Waals surface area (Å²) in [5.74, 6) is 0.0966. The molecule has 2 aromatic rings. The van der Waals surface area contributed by atoms with Gasteiger partial charge in [-0.3, -0.25) is 14.5 Å². The first kappa shape index (κ1) is 21.5. The standard InChI is InChI=1S/C23H27ClN4O3/c24-18-2-1-3-20(14-18)27-10-12-28(13-11-27)22(30)16-26-9-8-17(15-26)23(31)25-19-4-6-21(29)7-5-19/h1-7,14,17,29H,8-13,15-16H2,(H,25,31)/t17-/m0/s1. The first-order valence-electron chi connectivity index (χ1n) is 10.6. The van der Waals surface area contributed by atoms with Crippen LogP contribution >= 0.6 is 11.6 Å². The number of piperazine rings is 1. The van der Waals surface area contributed by atoms with Crippen LogP contribution in [0.3, 0.4) is 0 Å². The highest BCUT2D eigenvalue weighted by atomic mass is 35.5. The number of phenols is 1. The van der Waals surface area contributed by atoms with Crippen molar-refractivity contribution in [2.24, 2.45) is 5.92 Å². The molecule has 2 fully saturated rings. The summed E-state index contributed by atoms with van der Waals surface area (Å²) in [5.41, 5.74) is 1.75. The van der Waals surface area contributed by atoms with Crippen LogP contribution in [0.2, 0.25) is 5.02 Å². The van der Waals surface area contributed by atoms with Crippen LogP contribution in [-0.2, 0) is 9.59 Å². The number of anilines is 2. The van der Waals surface area contributed by atoms with E-state index in [4.69, 9.17) is 11.6 Å². The number of benzene rings is 2. The smallest absolute Gasteiger partial charge is 0.236 e. The molecule has 0 spiro atoms. The van der Waals surface area contributed by atoms with Crippen molar-refractivity contribution < 1.29 is 14.7 Å². The van der Waals surface area contributed by atoms with Crippen molar-refractivity contribution in [1.29, 1.82) is 0 Å². The van der Waals surface area contributed by atoms with Crippen LogP contribution in [0.25, 0.3) is 0 Å². The van der Waals surface area contributed by atoms with Gasteiger partial charge in [-0.05, 0) is 55.4 Å². The van der Waals surface area contributed by atoms with E-state index in [-0.39, 0.29) is 23.5 Å². The van der Waals surface area contributed by atoms with Gasteiger partial charge < -0.3 is 20.2 Å². The molecule has 2 aromatic carbocycles. The fraction of sp³-hybridized carbons (Fsp3) is 0.391. The van der Waals surface area contributed by atoms with Crippen LogP contribution in [0.1, 0.15) is 6.42 Å². The van der Waals surface area contributed by atoms with E-state index in [1.165, 1.54) is 0 Å². The molecule has 2 aliphatic rings. The van der Waals surface area contributed by atoms with Crippen LogP contribution in [0.4, 0.5) is 11.4 Å². The molecule has 0 saturated carbocycles. The van der Waals surface area contributed by atoms with E-state index in [0.717, 1.165) is 31.7 Å². The van der Waals surface area contributed by atoms with Gasteiger partial charge in [0.05, 0.1) is 12.5 Å². The predicted molar refractivity (Wildman–Crippen MR) is 122 cm³/mol. The lowest BCUT2D eigenvalue weighted by atomic mass is 10.1. The Balaban J connectivity index is 1.22. The Morgan fingerprint density at radius 3 is 2.48 bits per heavy atom. The summed E-state index contributed by atoms with van der Waals surface area (Å²) < 4.78 is 0. The fourth-order valence-corrected chi connectivity index (χ4v) is 4.34. The van der Waals surface area contributed by atoms with E-state index in [9.17, 15) is 14.7 Å². The van der Waals surface area contributed by atoms with Crippen molar-refractivity contribution in [2.45, 2.75) is 6.42 Å². The van der Waals surface area contributed by atoms with E-state index < -0.39 is 0 Å². The number of amides is 2. The largest absolute Gasteiger partial charge is 0.508 e. The summed E-state index contributed by atoms with van der Waals surface area (Å²) in [6, 6.07) is 14.2. The molecular weight excluding hydrogens is 416 g/mol. The van der Waals surface area contributed by atoms with Crippen molar-refractivity contribution in [1.82, 2.24) is 9.80 Å². The number of carbonyl (C=O) groups excluding carboxylic acids is 2. The quantitative estimate of drug-likeness (QED) is 0.696. The Kier molecular flexibility index (Phi) is 6.63. The van der Waals surface area contributed by atoms with Gasteiger partial charge in [-0.2, -0.15) is 0 Å². The molecule has 2 N–H and O–H groups in total. The van der Waals surface area contributed by atoms with Gasteiger partial charge in [0.2, 0.25) is 11.8 Å². The Labute approximate surface area is 187 Å². The summed E-state index contributed by atoms with van der Waals surface area (Å²) in [7, 11) is 0. The molecule has 7 nitrogen and oxygen atoms in total. The number of nitrogens with zero attached hydrogens (tertiary/aromatic N) is 3. The van der Waals surface area contributed by atoms with Crippen molar-refractivity contribution in [3.8, 4) is 5.75 Å². The van der Waals surface area contributed by atoms with Crippen LogP contribution in [0, 0.1) is 5.92 Å². The average Bonchev–Trinajstić information content (AvgIpc) is 3.24. The second-order valence-electron chi connectivity index (χ2n) is 8.10. The summed E-state index contributed by atoms with van der Waals surface area (Å²) in [6.45, 7) is 4.60. The Bertz CT molecular complexity index is 929. The highest BCUT2D eigenvalue weighted by molar-refractivity contribution is 6.30. The lowest BCUT2D eigenvalue weighted by molar-refractivity contribution is -0.132. The number of hydrogen-bond acceptors (Lipinski definition) is 5. The number of halogens is 1. The zero-order valence-electron chi connectivity index (χ0n) is 17.3. The zero-order valence-corrected chi connectivity index (χ0v) is 18.1. The molecule has 0 aromatic heterocycles. The van der Waals surface area contributed by atoms with Gasteiger partial charge in [0.25, 0.3) is 0 Å². The van der Waals surface area contributed by atoms with Crippen molar-refractivity contribution in [2.75, 3.05) is 56.0 Å². The van der Waals surface area contributed by atoms with Crippen LogP contribution < -0.4 is 10.2 Å². The minimum atomic E-state index is -0.138. The Morgan fingerprint density at radius 2 is 1.77 bits per heavy atom. The highest BCUT2D eigenvalue weighted by Crippen LogP contribution is 2.22. The minimum Gasteiger partial charge on any atom is -0.508 e. The van der Waals surface area contributed by atoms with Gasteiger partial charge in [-0.15, -0.1) is 0 Å². The number of nitrogens with one attached hydrogen (secondary N) is 1. The molecule has 0 radical (unpaired) electrons. The number of phenolic OH excluding ortho intramolecular Hbond substituents is 1. The molecule has 4 rings (SSSR count). The third kappa shape index (κ3) is 5.48. The lowest BCUT2D eigenvalue weighted by Gasteiger charge is -2.36. The Morgan fingerprint density at radius 1 is 1.03 bits per heavy atom. The van der Waals surface area contributed by atoms with Gasteiger partial charge >= 0.3 is 0 Å². The summed E-state index contributed by atoms with van der Waals surface area (Å²) in [6.07, 6.45) is 0.736. The van der Waals surface area contributed by atoms with Gasteiger partial charge in [-0.25, -0.2) is 0 Å². The van der Waals surface area contributed by atoms with Crippen molar-refractivity contribution in [3.63, 3.8) is 0 Å². The SMILES string of the molecule is O=C(Nc1ccc(O)cc1)[C@H]1CCN(CC(=O)N2CCN(c3cccc(Cl)c3)CC2)C1. The van der Waals surface area contributed by atoms with Crippen LogP contribution in [0.5, 0.6) is 5.75 Å². The molecule has 0 bridgehead atoms.